The number of rotatable bonds is 3. The monoisotopic (exact) mass is 314 g/mol. The summed E-state index contributed by atoms with van der Waals surface area (Å²) in [4.78, 5) is 13.0. The van der Waals surface area contributed by atoms with Crippen LogP contribution in [0.3, 0.4) is 0 Å². The number of benzene rings is 1. The highest BCUT2D eigenvalue weighted by Crippen LogP contribution is 2.27. The summed E-state index contributed by atoms with van der Waals surface area (Å²) in [5.74, 6) is 0.786. The molecule has 0 saturated carbocycles. The quantitative estimate of drug-likeness (QED) is 0.873. The third-order valence-electron chi connectivity index (χ3n) is 4.32. The molecule has 1 aliphatic rings. The van der Waals surface area contributed by atoms with Gasteiger partial charge >= 0.3 is 0 Å². The number of hydrogen-bond acceptors (Lipinski definition) is 4. The Labute approximate surface area is 135 Å². The highest BCUT2D eigenvalue weighted by Gasteiger charge is 2.21. The standard InChI is InChI=1S/C18H22N2O3/c1-12-10-14(22-3)7-8-15(12)17-13(2)11-19-20(18(17)21)16-6-4-5-9-23-16/h7-8,10-11,16H,4-6,9H2,1-3H3. The first kappa shape index (κ1) is 15.7. The molecule has 23 heavy (non-hydrogen) atoms. The lowest BCUT2D eigenvalue weighted by molar-refractivity contribution is -0.0423. The maximum absolute atomic E-state index is 13.0. The van der Waals surface area contributed by atoms with E-state index in [1.54, 1.807) is 13.3 Å². The summed E-state index contributed by atoms with van der Waals surface area (Å²) >= 11 is 0. The van der Waals surface area contributed by atoms with Gasteiger partial charge in [0.1, 0.15) is 5.75 Å². The zero-order valence-electron chi connectivity index (χ0n) is 13.8. The fraction of sp³-hybridized carbons (Fsp3) is 0.444. The highest BCUT2D eigenvalue weighted by atomic mass is 16.5. The maximum Gasteiger partial charge on any atom is 0.277 e. The van der Waals surface area contributed by atoms with Crippen LogP contribution in [0.1, 0.15) is 36.6 Å². The molecular weight excluding hydrogens is 292 g/mol. The topological polar surface area (TPSA) is 53.4 Å². The Kier molecular flexibility index (Phi) is 4.48. The van der Waals surface area contributed by atoms with Crippen molar-refractivity contribution >= 4 is 0 Å². The number of methoxy groups -OCH3 is 1. The predicted molar refractivity (Wildman–Crippen MR) is 88.8 cm³/mol. The summed E-state index contributed by atoms with van der Waals surface area (Å²) in [5.41, 5.74) is 3.39. The van der Waals surface area contributed by atoms with Gasteiger partial charge in [-0.25, -0.2) is 4.68 Å². The molecule has 3 rings (SSSR count). The summed E-state index contributed by atoms with van der Waals surface area (Å²) in [6.07, 6.45) is 4.43. The molecule has 5 nitrogen and oxygen atoms in total. The molecule has 1 saturated heterocycles. The molecule has 0 amide bonds. The Balaban J connectivity index is 2.10. The van der Waals surface area contributed by atoms with Crippen molar-refractivity contribution < 1.29 is 9.47 Å². The molecule has 2 heterocycles. The van der Waals surface area contributed by atoms with Gasteiger partial charge in [0.15, 0.2) is 6.23 Å². The number of aryl methyl sites for hydroxylation is 2. The molecular formula is C18H22N2O3. The average Bonchev–Trinajstić information content (AvgIpc) is 2.57. The van der Waals surface area contributed by atoms with E-state index in [9.17, 15) is 4.79 Å². The first-order chi connectivity index (χ1) is 11.1. The normalized spacial score (nSPS) is 18.0. The zero-order valence-corrected chi connectivity index (χ0v) is 13.8. The van der Waals surface area contributed by atoms with Crippen molar-refractivity contribution in [3.63, 3.8) is 0 Å². The van der Waals surface area contributed by atoms with Crippen molar-refractivity contribution in [1.82, 2.24) is 9.78 Å². The highest BCUT2D eigenvalue weighted by molar-refractivity contribution is 5.70. The molecule has 1 fully saturated rings. The lowest BCUT2D eigenvalue weighted by Gasteiger charge is -2.24. The van der Waals surface area contributed by atoms with Crippen molar-refractivity contribution in [3.8, 4) is 16.9 Å². The van der Waals surface area contributed by atoms with Gasteiger partial charge in [0.2, 0.25) is 0 Å². The van der Waals surface area contributed by atoms with E-state index >= 15 is 0 Å². The van der Waals surface area contributed by atoms with Crippen LogP contribution in [0.25, 0.3) is 11.1 Å². The Hall–Kier alpha value is -2.14. The van der Waals surface area contributed by atoms with Crippen LogP contribution in [-0.2, 0) is 4.74 Å². The first-order valence-electron chi connectivity index (χ1n) is 7.97. The molecule has 122 valence electrons. The lowest BCUT2D eigenvalue weighted by atomic mass is 9.98. The number of nitrogens with zero attached hydrogens (tertiary/aromatic N) is 2. The number of aromatic nitrogens is 2. The molecule has 0 radical (unpaired) electrons. The summed E-state index contributed by atoms with van der Waals surface area (Å²) in [5, 5.41) is 4.31. The SMILES string of the molecule is COc1ccc(-c2c(C)cnn(C3CCCCO3)c2=O)c(C)c1. The second-order valence-corrected chi connectivity index (χ2v) is 5.95. The van der Waals surface area contributed by atoms with Gasteiger partial charge in [-0.3, -0.25) is 4.79 Å². The molecule has 0 aliphatic carbocycles. The summed E-state index contributed by atoms with van der Waals surface area (Å²) < 4.78 is 12.5. The zero-order chi connectivity index (χ0) is 16.4. The van der Waals surface area contributed by atoms with Crippen LogP contribution >= 0.6 is 0 Å². The molecule has 0 N–H and O–H groups in total. The minimum absolute atomic E-state index is 0.0924. The van der Waals surface area contributed by atoms with E-state index in [1.807, 2.05) is 32.0 Å². The largest absolute Gasteiger partial charge is 0.497 e. The van der Waals surface area contributed by atoms with Gasteiger partial charge in [-0.15, -0.1) is 0 Å². The Bertz CT molecular complexity index is 761. The smallest absolute Gasteiger partial charge is 0.277 e. The second kappa shape index (κ2) is 6.54. The Morgan fingerprint density at radius 1 is 1.26 bits per heavy atom. The fourth-order valence-corrected chi connectivity index (χ4v) is 3.04. The maximum atomic E-state index is 13.0. The van der Waals surface area contributed by atoms with Crippen LogP contribution in [0.15, 0.2) is 29.2 Å². The second-order valence-electron chi connectivity index (χ2n) is 5.95. The van der Waals surface area contributed by atoms with E-state index in [1.165, 1.54) is 4.68 Å². The summed E-state index contributed by atoms with van der Waals surface area (Å²) in [6, 6.07) is 5.75. The van der Waals surface area contributed by atoms with E-state index in [-0.39, 0.29) is 11.8 Å². The van der Waals surface area contributed by atoms with Crippen LogP contribution in [0, 0.1) is 13.8 Å². The predicted octanol–water partition coefficient (Wildman–Crippen LogP) is 3.23. The van der Waals surface area contributed by atoms with E-state index in [2.05, 4.69) is 5.10 Å². The minimum Gasteiger partial charge on any atom is -0.497 e. The van der Waals surface area contributed by atoms with E-state index in [4.69, 9.17) is 9.47 Å². The molecule has 5 heteroatoms. The molecule has 0 spiro atoms. The van der Waals surface area contributed by atoms with Gasteiger partial charge in [0.25, 0.3) is 5.56 Å². The van der Waals surface area contributed by atoms with Crippen molar-refractivity contribution in [2.75, 3.05) is 13.7 Å². The van der Waals surface area contributed by atoms with Gasteiger partial charge in [-0.1, -0.05) is 6.07 Å². The Morgan fingerprint density at radius 3 is 2.74 bits per heavy atom. The summed E-state index contributed by atoms with van der Waals surface area (Å²) in [7, 11) is 1.64. The molecule has 1 aromatic carbocycles. The molecule has 1 aliphatic heterocycles. The lowest BCUT2D eigenvalue weighted by Crippen LogP contribution is -2.32. The van der Waals surface area contributed by atoms with Crippen molar-refractivity contribution in [3.05, 3.63) is 45.9 Å². The average molecular weight is 314 g/mol. The van der Waals surface area contributed by atoms with Crippen LogP contribution in [0.4, 0.5) is 0 Å². The van der Waals surface area contributed by atoms with Crippen LogP contribution in [0.5, 0.6) is 5.75 Å². The van der Waals surface area contributed by atoms with E-state index in [0.717, 1.165) is 41.7 Å². The van der Waals surface area contributed by atoms with Crippen molar-refractivity contribution in [2.45, 2.75) is 39.3 Å². The number of ether oxygens (including phenoxy) is 2. The molecule has 1 unspecified atom stereocenters. The Morgan fingerprint density at radius 2 is 2.09 bits per heavy atom. The third-order valence-corrected chi connectivity index (χ3v) is 4.32. The van der Waals surface area contributed by atoms with E-state index < -0.39 is 0 Å². The fourth-order valence-electron chi connectivity index (χ4n) is 3.04. The van der Waals surface area contributed by atoms with Crippen LogP contribution < -0.4 is 10.3 Å². The van der Waals surface area contributed by atoms with Gasteiger partial charge in [0.05, 0.1) is 18.9 Å². The first-order valence-corrected chi connectivity index (χ1v) is 7.97. The molecule has 0 bridgehead atoms. The number of hydrogen-bond donors (Lipinski definition) is 0. The summed E-state index contributed by atoms with van der Waals surface area (Å²) in [6.45, 7) is 4.58. The van der Waals surface area contributed by atoms with Gasteiger partial charge in [-0.05, 0) is 61.9 Å². The molecule has 1 atom stereocenters. The van der Waals surface area contributed by atoms with Gasteiger partial charge in [-0.2, -0.15) is 5.10 Å². The van der Waals surface area contributed by atoms with Crippen LogP contribution in [-0.4, -0.2) is 23.5 Å². The van der Waals surface area contributed by atoms with Gasteiger partial charge < -0.3 is 9.47 Å². The van der Waals surface area contributed by atoms with Crippen molar-refractivity contribution in [1.29, 1.82) is 0 Å². The van der Waals surface area contributed by atoms with Gasteiger partial charge in [0, 0.05) is 6.61 Å². The van der Waals surface area contributed by atoms with Crippen molar-refractivity contribution in [2.24, 2.45) is 0 Å². The van der Waals surface area contributed by atoms with Crippen LogP contribution in [0.2, 0.25) is 0 Å². The molecule has 1 aromatic heterocycles. The van der Waals surface area contributed by atoms with E-state index in [0.29, 0.717) is 12.2 Å². The third kappa shape index (κ3) is 3.01. The molecule has 2 aromatic rings. The minimum atomic E-state index is -0.255.